The maximum atomic E-state index is 4.67. The van der Waals surface area contributed by atoms with E-state index in [0.29, 0.717) is 0 Å². The molecule has 3 nitrogen and oxygen atoms in total. The third-order valence-corrected chi connectivity index (χ3v) is 1.82. The summed E-state index contributed by atoms with van der Waals surface area (Å²) in [6.45, 7) is 1.81. The molecule has 1 rings (SSSR count). The zero-order valence-corrected chi connectivity index (χ0v) is 15.6. The first-order chi connectivity index (χ1) is 7.99. The van der Waals surface area contributed by atoms with E-state index in [9.17, 15) is 0 Å². The number of pyridine rings is 1. The van der Waals surface area contributed by atoms with Gasteiger partial charge in [-0.25, -0.2) is 0 Å². The average Bonchev–Trinajstić information content (AvgIpc) is 2.16. The molecule has 0 saturated carbocycles. The van der Waals surface area contributed by atoms with E-state index >= 15 is 0 Å². The molecule has 0 aliphatic rings. The molecule has 0 amide bonds. The number of nitrogens with zero attached hydrogens (tertiary/aromatic N) is 3. The van der Waals surface area contributed by atoms with Crippen molar-refractivity contribution < 1.29 is 30.2 Å². The van der Waals surface area contributed by atoms with Crippen LogP contribution < -0.4 is 0 Å². The third kappa shape index (κ3) is 15.2. The Bertz CT molecular complexity index is 292. The van der Waals surface area contributed by atoms with E-state index in [1.807, 2.05) is 0 Å². The summed E-state index contributed by atoms with van der Waals surface area (Å²) in [6.07, 6.45) is 0. The summed E-state index contributed by atoms with van der Waals surface area (Å²) in [7, 11) is 17.6. The summed E-state index contributed by atoms with van der Waals surface area (Å²) in [5, 5.41) is 0. The van der Waals surface area contributed by atoms with Gasteiger partial charge >= 0.3 is 50.4 Å². The molecule has 0 aliphatic carbocycles. The molecule has 0 unspecified atom stereocenters. The van der Waals surface area contributed by atoms with Crippen LogP contribution in [-0.2, 0) is 56.8 Å². The Morgan fingerprint density at radius 1 is 1.00 bits per heavy atom. The Labute approximate surface area is 148 Å². The van der Waals surface area contributed by atoms with Gasteiger partial charge in [0.05, 0.1) is 11.4 Å². The van der Waals surface area contributed by atoms with Crippen LogP contribution in [0.4, 0.5) is 0 Å². The number of aromatic nitrogens is 1. The summed E-state index contributed by atoms with van der Waals surface area (Å²) in [5.74, 6) is 0. The molecule has 0 radical (unpaired) electrons. The molecule has 0 spiro atoms. The van der Waals surface area contributed by atoms with E-state index in [1.165, 1.54) is 0 Å². The van der Waals surface area contributed by atoms with Crippen LogP contribution in [0.1, 0.15) is 11.4 Å². The van der Waals surface area contributed by atoms with Gasteiger partial charge < -0.3 is 23.3 Å². The van der Waals surface area contributed by atoms with Crippen molar-refractivity contribution in [3.05, 3.63) is 29.6 Å². The van der Waals surface area contributed by atoms with E-state index in [4.69, 9.17) is 0 Å². The van der Waals surface area contributed by atoms with Crippen LogP contribution in [0.2, 0.25) is 0 Å². The molecule has 0 aromatic carbocycles. The second-order valence-electron chi connectivity index (χ2n) is 4.14. The molecular formula is C11H20Cl2Cu2N3S. The minimum Gasteiger partial charge on any atom is -0.813 e. The molecule has 1 aromatic heterocycles. The summed E-state index contributed by atoms with van der Waals surface area (Å²) < 4.78 is 0. The monoisotopic (exact) mass is 422 g/mol. The van der Waals surface area contributed by atoms with Crippen LogP contribution in [0.25, 0.3) is 0 Å². The molecule has 0 fully saturated rings. The molecule has 0 N–H and O–H groups in total. The standard InChI is InChI=1S/C11H19N3.2ClH.2Cu.H2S/c1-13(2)8-10-6-5-7-11(12-10)9-14(3)4;;;;;/h5-7H,8-9H2,1-4H3;2*1H;;;1H2/q;;;+1;+2;/p-3. The molecule has 0 bridgehead atoms. The summed E-state index contributed by atoms with van der Waals surface area (Å²) in [5.41, 5.74) is 2.27. The predicted molar refractivity (Wildman–Crippen MR) is 79.5 cm³/mol. The zero-order valence-electron chi connectivity index (χ0n) is 11.3. The molecular weight excluding hydrogens is 404 g/mol. The predicted octanol–water partition coefficient (Wildman–Crippen LogP) is 2.31. The third-order valence-electron chi connectivity index (χ3n) is 1.82. The first kappa shape index (κ1) is 25.0. The van der Waals surface area contributed by atoms with Crippen molar-refractivity contribution in [1.29, 1.82) is 0 Å². The van der Waals surface area contributed by atoms with Gasteiger partial charge in [0, 0.05) is 13.1 Å². The number of hydrogen-bond donors (Lipinski definition) is 0. The van der Waals surface area contributed by atoms with Crippen LogP contribution >= 0.6 is 20.2 Å². The van der Waals surface area contributed by atoms with Crippen LogP contribution in [0.3, 0.4) is 0 Å². The van der Waals surface area contributed by atoms with Crippen molar-refractivity contribution in [2.45, 2.75) is 13.1 Å². The quantitative estimate of drug-likeness (QED) is 0.420. The fraction of sp³-hybridized carbons (Fsp3) is 0.545. The maximum Gasteiger partial charge on any atom is 1.00 e. The molecule has 19 heavy (non-hydrogen) atoms. The first-order valence-corrected chi connectivity index (χ1v) is 7.64. The normalized spacial score (nSPS) is 9.47. The van der Waals surface area contributed by atoms with E-state index in [1.54, 1.807) is 0 Å². The van der Waals surface area contributed by atoms with Crippen molar-refractivity contribution in [1.82, 2.24) is 14.8 Å². The molecule has 0 saturated heterocycles. The Morgan fingerprint density at radius 3 is 1.58 bits per heavy atom. The number of thiol groups is 1. The van der Waals surface area contributed by atoms with Crippen LogP contribution in [0.5, 0.6) is 0 Å². The average molecular weight is 424 g/mol. The summed E-state index contributed by atoms with van der Waals surface area (Å²) in [6, 6.07) is 6.21. The fourth-order valence-corrected chi connectivity index (χ4v) is 1.35. The molecule has 1 aromatic rings. The zero-order chi connectivity index (χ0) is 13.3. The van der Waals surface area contributed by atoms with E-state index in [0.717, 1.165) is 37.6 Å². The number of halogens is 2. The molecule has 0 atom stereocenters. The van der Waals surface area contributed by atoms with Crippen molar-refractivity contribution in [3.63, 3.8) is 0 Å². The van der Waals surface area contributed by atoms with Gasteiger partial charge in [0.25, 0.3) is 0 Å². The Morgan fingerprint density at radius 2 is 1.32 bits per heavy atom. The second kappa shape index (κ2) is 15.4. The van der Waals surface area contributed by atoms with Crippen molar-refractivity contribution >= 4 is 33.7 Å². The largest absolute Gasteiger partial charge is 1.00 e. The summed E-state index contributed by atoms with van der Waals surface area (Å²) >= 11 is 0.757. The van der Waals surface area contributed by atoms with E-state index in [2.05, 4.69) is 81.4 Å². The van der Waals surface area contributed by atoms with Gasteiger partial charge in [-0.3, -0.25) is 4.98 Å². The minimum absolute atomic E-state index is 0. The fourth-order valence-electron chi connectivity index (χ4n) is 1.35. The molecule has 121 valence electrons. The minimum atomic E-state index is 0. The second-order valence-corrected chi connectivity index (χ2v) is 5.69. The summed E-state index contributed by atoms with van der Waals surface area (Å²) in [4.78, 5) is 8.82. The van der Waals surface area contributed by atoms with Gasteiger partial charge in [-0.15, -0.1) is 0 Å². The van der Waals surface area contributed by atoms with Crippen LogP contribution in [0, 0.1) is 0 Å². The maximum absolute atomic E-state index is 4.67. The van der Waals surface area contributed by atoms with E-state index < -0.39 is 0 Å². The van der Waals surface area contributed by atoms with Gasteiger partial charge in [-0.1, -0.05) is 6.07 Å². The van der Waals surface area contributed by atoms with Gasteiger partial charge in [-0.05, 0) is 40.3 Å². The number of rotatable bonds is 4. The van der Waals surface area contributed by atoms with Crippen molar-refractivity contribution in [3.8, 4) is 0 Å². The van der Waals surface area contributed by atoms with Gasteiger partial charge in [0.15, 0.2) is 0 Å². The topological polar surface area (TPSA) is 19.4 Å². The van der Waals surface area contributed by atoms with Gasteiger partial charge in [0.2, 0.25) is 0 Å². The first-order valence-electron chi connectivity index (χ1n) is 5.05. The van der Waals surface area contributed by atoms with Crippen LogP contribution in [0.15, 0.2) is 18.2 Å². The smallest absolute Gasteiger partial charge is 0.813 e. The Hall–Kier alpha value is 1.04. The van der Waals surface area contributed by atoms with Gasteiger partial charge in [-0.2, -0.15) is 0 Å². The Kier molecular flexibility index (Phi) is 20.3. The van der Waals surface area contributed by atoms with E-state index in [-0.39, 0.29) is 30.6 Å². The van der Waals surface area contributed by atoms with Gasteiger partial charge in [0.1, 0.15) is 0 Å². The van der Waals surface area contributed by atoms with Crippen LogP contribution in [-0.4, -0.2) is 43.0 Å². The van der Waals surface area contributed by atoms with Crippen molar-refractivity contribution in [2.75, 3.05) is 28.2 Å². The molecule has 0 aliphatic heterocycles. The molecule has 1 heterocycles. The van der Waals surface area contributed by atoms with Crippen molar-refractivity contribution in [2.24, 2.45) is 0 Å². The number of hydrogen-bond acceptors (Lipinski definition) is 4. The Balaban J connectivity index is -0.000000468. The molecule has 8 heteroatoms. The SMILES string of the molecule is CN(C)Cc1cccc(CN(C)C)n1.[Cl][Cu][Cl].[Cu+].[SH-].